The first-order valence-electron chi connectivity index (χ1n) is 9.55. The SMILES string of the molecule is COCC(c1ccccn1)N(C)C(=O)c1c(C)cc(C2CCNCC2)oc1=O.Cl.Cl. The molecular formula is C21H29Cl2N3O4. The molecule has 1 saturated heterocycles. The van der Waals surface area contributed by atoms with E-state index in [0.29, 0.717) is 17.0 Å². The first kappa shape index (κ1) is 26.1. The summed E-state index contributed by atoms with van der Waals surface area (Å²) >= 11 is 0. The topological polar surface area (TPSA) is 84.7 Å². The van der Waals surface area contributed by atoms with Crippen LogP contribution in [0.1, 0.15) is 52.2 Å². The Balaban J connectivity index is 0.00000225. The zero-order valence-corrected chi connectivity index (χ0v) is 19.1. The van der Waals surface area contributed by atoms with Gasteiger partial charge in [-0.05, 0) is 56.6 Å². The van der Waals surface area contributed by atoms with Crippen molar-refractivity contribution < 1.29 is 13.9 Å². The molecule has 30 heavy (non-hydrogen) atoms. The van der Waals surface area contributed by atoms with Crippen LogP contribution in [0.3, 0.4) is 0 Å². The third-order valence-corrected chi connectivity index (χ3v) is 5.26. The van der Waals surface area contributed by atoms with Crippen LogP contribution in [0.4, 0.5) is 0 Å². The van der Waals surface area contributed by atoms with Gasteiger partial charge in [0.1, 0.15) is 11.3 Å². The number of ether oxygens (including phenoxy) is 1. The third kappa shape index (κ3) is 5.82. The van der Waals surface area contributed by atoms with Crippen molar-refractivity contribution in [1.29, 1.82) is 0 Å². The Morgan fingerprint density at radius 3 is 2.60 bits per heavy atom. The van der Waals surface area contributed by atoms with E-state index in [-0.39, 0.29) is 42.9 Å². The lowest BCUT2D eigenvalue weighted by Crippen LogP contribution is -2.37. The minimum atomic E-state index is -0.581. The average molecular weight is 458 g/mol. The fraction of sp³-hybridized carbons (Fsp3) is 0.476. The second kappa shape index (κ2) is 12.1. The Morgan fingerprint density at radius 2 is 2.03 bits per heavy atom. The fourth-order valence-electron chi connectivity index (χ4n) is 3.64. The molecule has 9 heteroatoms. The van der Waals surface area contributed by atoms with Gasteiger partial charge in [-0.3, -0.25) is 9.78 Å². The van der Waals surface area contributed by atoms with Crippen molar-refractivity contribution >= 4 is 30.7 Å². The van der Waals surface area contributed by atoms with Gasteiger partial charge >= 0.3 is 5.63 Å². The Bertz CT molecular complexity index is 870. The standard InChI is InChI=1S/C21H27N3O4.2ClH/c1-14-12-18(15-7-10-22-11-8-15)28-21(26)19(14)20(25)24(2)17(13-27-3)16-6-4-5-9-23-16;;/h4-6,9,12,15,17,22H,7-8,10-11,13H2,1-3H3;2*1H. The van der Waals surface area contributed by atoms with Gasteiger partial charge in [0, 0.05) is 26.3 Å². The molecule has 166 valence electrons. The molecule has 3 heterocycles. The molecule has 0 spiro atoms. The number of nitrogens with zero attached hydrogens (tertiary/aromatic N) is 2. The lowest BCUT2D eigenvalue weighted by molar-refractivity contribution is 0.0589. The maximum atomic E-state index is 13.1. The minimum absolute atomic E-state index is 0. The van der Waals surface area contributed by atoms with E-state index in [1.54, 1.807) is 27.3 Å². The molecule has 1 aliphatic rings. The predicted molar refractivity (Wildman–Crippen MR) is 120 cm³/mol. The van der Waals surface area contributed by atoms with Gasteiger partial charge in [-0.1, -0.05) is 6.07 Å². The molecule has 1 atom stereocenters. The van der Waals surface area contributed by atoms with Crippen molar-refractivity contribution in [2.45, 2.75) is 31.7 Å². The number of hydrogen-bond donors (Lipinski definition) is 1. The Labute approximate surface area is 189 Å². The summed E-state index contributed by atoms with van der Waals surface area (Å²) in [5.41, 5.74) is 0.826. The van der Waals surface area contributed by atoms with Crippen molar-refractivity contribution in [3.63, 3.8) is 0 Å². The minimum Gasteiger partial charge on any atom is -0.427 e. The number of aryl methyl sites for hydroxylation is 1. The second-order valence-corrected chi connectivity index (χ2v) is 7.16. The lowest BCUT2D eigenvalue weighted by atomic mass is 9.94. The monoisotopic (exact) mass is 457 g/mol. The highest BCUT2D eigenvalue weighted by Crippen LogP contribution is 2.26. The van der Waals surface area contributed by atoms with Crippen molar-refractivity contribution in [3.8, 4) is 0 Å². The van der Waals surface area contributed by atoms with Crippen LogP contribution in [0, 0.1) is 6.92 Å². The van der Waals surface area contributed by atoms with Gasteiger partial charge < -0.3 is 19.4 Å². The van der Waals surface area contributed by atoms with E-state index in [1.807, 2.05) is 24.3 Å². The summed E-state index contributed by atoms with van der Waals surface area (Å²) in [7, 11) is 3.22. The van der Waals surface area contributed by atoms with Crippen LogP contribution in [-0.4, -0.2) is 49.6 Å². The summed E-state index contributed by atoms with van der Waals surface area (Å²) < 4.78 is 10.9. The number of pyridine rings is 1. The first-order valence-corrected chi connectivity index (χ1v) is 9.55. The fourth-order valence-corrected chi connectivity index (χ4v) is 3.64. The molecule has 1 N–H and O–H groups in total. The number of halogens is 2. The summed E-state index contributed by atoms with van der Waals surface area (Å²) in [5, 5.41) is 3.30. The van der Waals surface area contributed by atoms with Crippen LogP contribution < -0.4 is 10.9 Å². The van der Waals surface area contributed by atoms with Gasteiger partial charge in [-0.2, -0.15) is 0 Å². The van der Waals surface area contributed by atoms with Gasteiger partial charge in [0.25, 0.3) is 5.91 Å². The molecule has 0 bridgehead atoms. The van der Waals surface area contributed by atoms with E-state index >= 15 is 0 Å². The molecule has 0 saturated carbocycles. The quantitative estimate of drug-likeness (QED) is 0.716. The van der Waals surface area contributed by atoms with Crippen molar-refractivity contribution in [2.75, 3.05) is 33.9 Å². The Kier molecular flexibility index (Phi) is 10.5. The average Bonchev–Trinajstić information content (AvgIpc) is 2.72. The lowest BCUT2D eigenvalue weighted by Gasteiger charge is -2.27. The third-order valence-electron chi connectivity index (χ3n) is 5.26. The van der Waals surface area contributed by atoms with E-state index in [1.165, 1.54) is 4.90 Å². The van der Waals surface area contributed by atoms with Gasteiger partial charge in [0.2, 0.25) is 0 Å². The van der Waals surface area contributed by atoms with Crippen LogP contribution in [0.25, 0.3) is 0 Å². The number of amides is 1. The zero-order valence-electron chi connectivity index (χ0n) is 17.4. The van der Waals surface area contributed by atoms with Crippen LogP contribution in [0.5, 0.6) is 0 Å². The number of carbonyl (C=O) groups is 1. The van der Waals surface area contributed by atoms with Crippen LogP contribution >= 0.6 is 24.8 Å². The van der Waals surface area contributed by atoms with E-state index in [9.17, 15) is 9.59 Å². The molecule has 1 aliphatic heterocycles. The number of likely N-dealkylation sites (N-methyl/N-ethyl adjacent to an activating group) is 1. The van der Waals surface area contributed by atoms with Gasteiger partial charge in [-0.15, -0.1) is 24.8 Å². The van der Waals surface area contributed by atoms with E-state index in [4.69, 9.17) is 9.15 Å². The maximum Gasteiger partial charge on any atom is 0.349 e. The van der Waals surface area contributed by atoms with Crippen LogP contribution in [0.15, 0.2) is 39.7 Å². The predicted octanol–water partition coefficient (Wildman–Crippen LogP) is 3.11. The zero-order chi connectivity index (χ0) is 20.1. The van der Waals surface area contributed by atoms with E-state index in [0.717, 1.165) is 25.9 Å². The first-order chi connectivity index (χ1) is 13.5. The van der Waals surface area contributed by atoms with Gasteiger partial charge in [0.05, 0.1) is 18.3 Å². The molecule has 0 aliphatic carbocycles. The van der Waals surface area contributed by atoms with E-state index < -0.39 is 17.6 Å². The smallest absolute Gasteiger partial charge is 0.349 e. The number of methoxy groups -OCH3 is 1. The largest absolute Gasteiger partial charge is 0.427 e. The number of carbonyl (C=O) groups excluding carboxylic acids is 1. The number of piperidine rings is 1. The van der Waals surface area contributed by atoms with Gasteiger partial charge in [-0.25, -0.2) is 4.79 Å². The number of rotatable bonds is 6. The maximum absolute atomic E-state index is 13.1. The highest BCUT2D eigenvalue weighted by molar-refractivity contribution is 5.95. The van der Waals surface area contributed by atoms with E-state index in [2.05, 4.69) is 10.3 Å². The number of nitrogens with one attached hydrogen (secondary N) is 1. The molecule has 0 aromatic carbocycles. The molecule has 2 aromatic rings. The Morgan fingerprint density at radius 1 is 1.33 bits per heavy atom. The van der Waals surface area contributed by atoms with Crippen molar-refractivity contribution in [1.82, 2.24) is 15.2 Å². The summed E-state index contributed by atoms with van der Waals surface area (Å²) in [5.74, 6) is 0.487. The van der Waals surface area contributed by atoms with Crippen molar-refractivity contribution in [2.24, 2.45) is 0 Å². The molecule has 3 rings (SSSR count). The summed E-state index contributed by atoms with van der Waals surface area (Å²) in [6.45, 7) is 3.87. The molecule has 2 aromatic heterocycles. The highest BCUT2D eigenvalue weighted by atomic mass is 35.5. The molecular weight excluding hydrogens is 429 g/mol. The molecule has 0 radical (unpaired) electrons. The molecule has 1 fully saturated rings. The normalized spacial score (nSPS) is 14.9. The molecule has 7 nitrogen and oxygen atoms in total. The Hall–Kier alpha value is -1.93. The highest BCUT2D eigenvalue weighted by Gasteiger charge is 2.28. The number of hydrogen-bond acceptors (Lipinski definition) is 6. The summed E-state index contributed by atoms with van der Waals surface area (Å²) in [4.78, 5) is 31.7. The van der Waals surface area contributed by atoms with Crippen LogP contribution in [-0.2, 0) is 4.74 Å². The number of aromatic nitrogens is 1. The summed E-state index contributed by atoms with van der Waals surface area (Å²) in [6, 6.07) is 6.94. The molecule has 1 unspecified atom stereocenters. The van der Waals surface area contributed by atoms with Crippen LogP contribution in [0.2, 0.25) is 0 Å². The van der Waals surface area contributed by atoms with Gasteiger partial charge in [0.15, 0.2) is 0 Å². The summed E-state index contributed by atoms with van der Waals surface area (Å²) in [6.07, 6.45) is 3.51. The van der Waals surface area contributed by atoms with Crippen molar-refractivity contribution in [3.05, 3.63) is 63.5 Å². The second-order valence-electron chi connectivity index (χ2n) is 7.16. The molecule has 1 amide bonds.